The highest BCUT2D eigenvalue weighted by Gasteiger charge is 2.27. The van der Waals surface area contributed by atoms with Crippen LogP contribution in [0.3, 0.4) is 0 Å². The summed E-state index contributed by atoms with van der Waals surface area (Å²) >= 11 is 5.52. The van der Waals surface area contributed by atoms with Gasteiger partial charge < -0.3 is 15.8 Å². The van der Waals surface area contributed by atoms with Crippen molar-refractivity contribution in [1.29, 1.82) is 0 Å². The zero-order valence-corrected chi connectivity index (χ0v) is 16.7. The van der Waals surface area contributed by atoms with Gasteiger partial charge in [-0.1, -0.05) is 13.8 Å². The van der Waals surface area contributed by atoms with Crippen molar-refractivity contribution in [3.63, 3.8) is 0 Å². The first-order valence-electron chi connectivity index (χ1n) is 8.30. The van der Waals surface area contributed by atoms with Gasteiger partial charge in [0.25, 0.3) is 11.8 Å². The fourth-order valence-corrected chi connectivity index (χ4v) is 2.05. The van der Waals surface area contributed by atoms with Gasteiger partial charge in [0.1, 0.15) is 17.5 Å². The Morgan fingerprint density at radius 1 is 1.19 bits per heavy atom. The molecule has 0 heterocycles. The van der Waals surface area contributed by atoms with Crippen LogP contribution in [0.5, 0.6) is 0 Å². The number of halogens is 1. The molecule has 0 aromatic carbocycles. The first-order valence-corrected chi connectivity index (χ1v) is 8.83. The number of alkyl halides is 1. The molecule has 0 aliphatic rings. The summed E-state index contributed by atoms with van der Waals surface area (Å²) < 4.78 is 5.16. The van der Waals surface area contributed by atoms with Crippen LogP contribution in [-0.4, -0.2) is 52.9 Å². The molecule has 9 nitrogen and oxygen atoms in total. The fourth-order valence-electron chi connectivity index (χ4n) is 1.90. The Hall–Kier alpha value is -2.03. The smallest absolute Gasteiger partial charge is 0.408 e. The molecule has 0 spiro atoms. The minimum absolute atomic E-state index is 0.0866. The minimum Gasteiger partial charge on any atom is -0.444 e. The summed E-state index contributed by atoms with van der Waals surface area (Å²) in [6.07, 6.45) is -0.563. The van der Waals surface area contributed by atoms with E-state index in [4.69, 9.17) is 22.1 Å². The molecule has 0 aliphatic carbocycles. The predicted molar refractivity (Wildman–Crippen MR) is 97.0 cm³/mol. The van der Waals surface area contributed by atoms with Gasteiger partial charge in [0.15, 0.2) is 0 Å². The first kappa shape index (κ1) is 24.0. The average Bonchev–Trinajstić information content (AvgIpc) is 2.47. The number of hydrogen-bond acceptors (Lipinski definition) is 5. The Kier molecular flexibility index (Phi) is 10.0. The largest absolute Gasteiger partial charge is 0.444 e. The van der Waals surface area contributed by atoms with E-state index < -0.39 is 35.5 Å². The van der Waals surface area contributed by atoms with Crippen molar-refractivity contribution >= 4 is 35.4 Å². The Morgan fingerprint density at radius 3 is 2.19 bits per heavy atom. The van der Waals surface area contributed by atoms with E-state index in [0.717, 1.165) is 5.01 Å². The highest BCUT2D eigenvalue weighted by Crippen LogP contribution is 2.10. The molecule has 0 aliphatic heterocycles. The molecule has 0 saturated carbocycles. The lowest BCUT2D eigenvalue weighted by Crippen LogP contribution is -2.55. The summed E-state index contributed by atoms with van der Waals surface area (Å²) in [4.78, 5) is 47.2. The van der Waals surface area contributed by atoms with Gasteiger partial charge in [-0.3, -0.25) is 24.8 Å². The maximum Gasteiger partial charge on any atom is 0.408 e. The standard InChI is InChI=1S/C16H29ClN4O5/c1-10(2)8-11(19-15(25)26-16(3,4)5)14(24)20-21(13(23)9-17)7-6-12(18)22/h10-11H,6-9H2,1-5H3,(H2,18,22)(H,19,25)(H,20,24)/t11-/m1/s1. The molecule has 1 atom stereocenters. The number of alkyl carbamates (subject to hydrolysis) is 1. The molecule has 0 saturated heterocycles. The van der Waals surface area contributed by atoms with Gasteiger partial charge >= 0.3 is 6.09 Å². The quantitative estimate of drug-likeness (QED) is 0.417. The number of primary amides is 1. The van der Waals surface area contributed by atoms with Crippen molar-refractivity contribution in [2.24, 2.45) is 11.7 Å². The average molecular weight is 393 g/mol. The van der Waals surface area contributed by atoms with Crippen LogP contribution in [0.4, 0.5) is 4.79 Å². The fraction of sp³-hybridized carbons (Fsp3) is 0.750. The van der Waals surface area contributed by atoms with Crippen molar-refractivity contribution in [2.75, 3.05) is 12.4 Å². The second-order valence-electron chi connectivity index (χ2n) is 7.20. The van der Waals surface area contributed by atoms with Gasteiger partial charge in [-0.15, -0.1) is 11.6 Å². The number of hydrogen-bond donors (Lipinski definition) is 3. The van der Waals surface area contributed by atoms with Gasteiger partial charge in [0.05, 0.1) is 6.54 Å². The number of ether oxygens (including phenoxy) is 1. The number of rotatable bonds is 8. The third-order valence-electron chi connectivity index (χ3n) is 2.96. The molecule has 0 aromatic heterocycles. The third-order valence-corrected chi connectivity index (χ3v) is 3.19. The van der Waals surface area contributed by atoms with E-state index in [1.807, 2.05) is 13.8 Å². The molecule has 0 unspecified atom stereocenters. The Balaban J connectivity index is 5.09. The highest BCUT2D eigenvalue weighted by molar-refractivity contribution is 6.27. The van der Waals surface area contributed by atoms with Crippen molar-refractivity contribution in [1.82, 2.24) is 15.8 Å². The molecule has 26 heavy (non-hydrogen) atoms. The van der Waals surface area contributed by atoms with E-state index in [1.54, 1.807) is 20.8 Å². The number of nitrogens with one attached hydrogen (secondary N) is 2. The zero-order chi connectivity index (χ0) is 20.5. The lowest BCUT2D eigenvalue weighted by molar-refractivity contribution is -0.141. The van der Waals surface area contributed by atoms with Crippen molar-refractivity contribution in [2.45, 2.75) is 59.1 Å². The molecule has 0 fully saturated rings. The lowest BCUT2D eigenvalue weighted by atomic mass is 10.0. The van der Waals surface area contributed by atoms with E-state index in [0.29, 0.717) is 6.42 Å². The molecule has 0 aromatic rings. The minimum atomic E-state index is -0.927. The normalized spacial score (nSPS) is 12.3. The first-order chi connectivity index (χ1) is 11.9. The van der Waals surface area contributed by atoms with Crippen molar-refractivity contribution in [3.05, 3.63) is 0 Å². The number of carbonyl (C=O) groups is 4. The molecule has 10 heteroatoms. The van der Waals surface area contributed by atoms with Crippen LogP contribution in [0.2, 0.25) is 0 Å². The lowest BCUT2D eigenvalue weighted by Gasteiger charge is -2.27. The summed E-state index contributed by atoms with van der Waals surface area (Å²) in [6.45, 7) is 8.75. The van der Waals surface area contributed by atoms with Crippen molar-refractivity contribution < 1.29 is 23.9 Å². The highest BCUT2D eigenvalue weighted by atomic mass is 35.5. The number of nitrogens with zero attached hydrogens (tertiary/aromatic N) is 1. The van der Waals surface area contributed by atoms with E-state index in [2.05, 4.69) is 10.7 Å². The SMILES string of the molecule is CC(C)C[C@@H](NC(=O)OC(C)(C)C)C(=O)NN(CCC(N)=O)C(=O)CCl. The van der Waals surface area contributed by atoms with Crippen LogP contribution in [0, 0.1) is 5.92 Å². The van der Waals surface area contributed by atoms with Crippen molar-refractivity contribution in [3.8, 4) is 0 Å². The third kappa shape index (κ3) is 10.8. The van der Waals surface area contributed by atoms with Crippen LogP contribution in [0.25, 0.3) is 0 Å². The number of nitrogens with two attached hydrogens (primary N) is 1. The zero-order valence-electron chi connectivity index (χ0n) is 15.9. The van der Waals surface area contributed by atoms with E-state index in [-0.39, 0.29) is 24.8 Å². The van der Waals surface area contributed by atoms with Crippen LogP contribution >= 0.6 is 11.6 Å². The Labute approximate surface area is 158 Å². The van der Waals surface area contributed by atoms with Gasteiger partial charge in [-0.05, 0) is 33.1 Å². The molecule has 0 bridgehead atoms. The van der Waals surface area contributed by atoms with Crippen LogP contribution in [-0.2, 0) is 19.1 Å². The summed E-state index contributed by atoms with van der Waals surface area (Å²) in [6, 6.07) is -0.927. The second kappa shape index (κ2) is 10.8. The maximum atomic E-state index is 12.5. The molecular formula is C16H29ClN4O5. The molecular weight excluding hydrogens is 364 g/mol. The molecule has 4 amide bonds. The number of carbonyl (C=O) groups excluding carboxylic acids is 4. The van der Waals surface area contributed by atoms with Crippen LogP contribution in [0.15, 0.2) is 0 Å². The molecule has 0 rings (SSSR count). The monoisotopic (exact) mass is 392 g/mol. The summed E-state index contributed by atoms with van der Waals surface area (Å²) in [5, 5.41) is 3.42. The van der Waals surface area contributed by atoms with E-state index in [1.165, 1.54) is 0 Å². The second-order valence-corrected chi connectivity index (χ2v) is 7.47. The molecule has 0 radical (unpaired) electrons. The van der Waals surface area contributed by atoms with Gasteiger partial charge in [-0.2, -0.15) is 0 Å². The maximum absolute atomic E-state index is 12.5. The Morgan fingerprint density at radius 2 is 1.77 bits per heavy atom. The molecule has 4 N–H and O–H groups in total. The summed E-state index contributed by atoms with van der Waals surface area (Å²) in [7, 11) is 0. The Bertz CT molecular complexity index is 519. The van der Waals surface area contributed by atoms with Gasteiger partial charge in [0, 0.05) is 6.42 Å². The summed E-state index contributed by atoms with van der Waals surface area (Å²) in [5.74, 6) is -2.14. The van der Waals surface area contributed by atoms with Crippen LogP contribution in [0.1, 0.15) is 47.5 Å². The number of hydrazine groups is 1. The van der Waals surface area contributed by atoms with Crippen LogP contribution < -0.4 is 16.5 Å². The predicted octanol–water partition coefficient (Wildman–Crippen LogP) is 0.900. The van der Waals surface area contributed by atoms with E-state index in [9.17, 15) is 19.2 Å². The van der Waals surface area contributed by atoms with Gasteiger partial charge in [0.2, 0.25) is 5.91 Å². The van der Waals surface area contributed by atoms with E-state index >= 15 is 0 Å². The summed E-state index contributed by atoms with van der Waals surface area (Å²) in [5.41, 5.74) is 6.73. The molecule has 150 valence electrons. The number of amides is 4. The van der Waals surface area contributed by atoms with Gasteiger partial charge in [-0.25, -0.2) is 4.79 Å². The topological polar surface area (TPSA) is 131 Å².